The zero-order valence-electron chi connectivity index (χ0n) is 10.5. The summed E-state index contributed by atoms with van der Waals surface area (Å²) in [6.45, 7) is 1.67. The summed E-state index contributed by atoms with van der Waals surface area (Å²) in [5.41, 5.74) is 1.93. The van der Waals surface area contributed by atoms with Crippen molar-refractivity contribution in [2.45, 2.75) is 6.92 Å². The average Bonchev–Trinajstić information content (AvgIpc) is 2.81. The number of benzene rings is 1. The number of amides is 1. The van der Waals surface area contributed by atoms with Crippen LogP contribution in [0.5, 0.6) is 0 Å². The Morgan fingerprint density at radius 2 is 2.00 bits per heavy atom. The first-order valence-corrected chi connectivity index (χ1v) is 7.03. The van der Waals surface area contributed by atoms with E-state index in [0.717, 1.165) is 16.9 Å². The van der Waals surface area contributed by atoms with E-state index in [-0.39, 0.29) is 16.7 Å². The Kier molecular flexibility index (Phi) is 4.36. The van der Waals surface area contributed by atoms with Crippen LogP contribution in [0.1, 0.15) is 15.4 Å². The first kappa shape index (κ1) is 14.5. The fraction of sp³-hybridized carbons (Fsp3) is 0.154. The molecule has 5 nitrogen and oxygen atoms in total. The van der Waals surface area contributed by atoms with Gasteiger partial charge in [0.1, 0.15) is 15.8 Å². The second kappa shape index (κ2) is 6.02. The molecule has 2 aromatic rings. The highest BCUT2D eigenvalue weighted by molar-refractivity contribution is 7.17. The van der Waals surface area contributed by atoms with Crippen LogP contribution in [0.4, 0.5) is 5.69 Å². The summed E-state index contributed by atoms with van der Waals surface area (Å²) in [6.07, 6.45) is 0. The van der Waals surface area contributed by atoms with Gasteiger partial charge in [-0.2, -0.15) is 0 Å². The van der Waals surface area contributed by atoms with Crippen molar-refractivity contribution in [3.63, 3.8) is 0 Å². The molecule has 1 heterocycles. The molecule has 2 rings (SSSR count). The van der Waals surface area contributed by atoms with E-state index in [2.05, 4.69) is 10.3 Å². The number of carbonyl (C=O) groups is 2. The third kappa shape index (κ3) is 3.15. The SMILES string of the molecule is Cc1nc(-c2ccc(NC(=O)CCl)cc2)sc1C(=O)O. The Morgan fingerprint density at radius 1 is 1.35 bits per heavy atom. The molecule has 2 N–H and O–H groups in total. The summed E-state index contributed by atoms with van der Waals surface area (Å²) in [6, 6.07) is 6.98. The standard InChI is InChI=1S/C13H11ClN2O3S/c1-7-11(13(18)19)20-12(15-7)8-2-4-9(5-3-8)16-10(17)6-14/h2-5H,6H2,1H3,(H,16,17)(H,18,19). The predicted molar refractivity (Wildman–Crippen MR) is 78.6 cm³/mol. The van der Waals surface area contributed by atoms with Gasteiger partial charge < -0.3 is 10.4 Å². The number of carboxylic acid groups (broad SMARTS) is 1. The van der Waals surface area contributed by atoms with Crippen molar-refractivity contribution in [2.75, 3.05) is 11.2 Å². The number of alkyl halides is 1. The largest absolute Gasteiger partial charge is 0.477 e. The molecule has 0 fully saturated rings. The second-order valence-corrected chi connectivity index (χ2v) is 5.26. The van der Waals surface area contributed by atoms with Gasteiger partial charge in [0.25, 0.3) is 0 Å². The van der Waals surface area contributed by atoms with Crippen LogP contribution in [0.2, 0.25) is 0 Å². The summed E-state index contributed by atoms with van der Waals surface area (Å²) in [4.78, 5) is 26.6. The number of rotatable bonds is 4. The van der Waals surface area contributed by atoms with Crippen LogP contribution >= 0.6 is 22.9 Å². The van der Waals surface area contributed by atoms with Gasteiger partial charge in [0, 0.05) is 11.3 Å². The van der Waals surface area contributed by atoms with Crippen molar-refractivity contribution in [1.82, 2.24) is 4.98 Å². The lowest BCUT2D eigenvalue weighted by Crippen LogP contribution is -2.12. The van der Waals surface area contributed by atoms with Crippen molar-refractivity contribution in [1.29, 1.82) is 0 Å². The van der Waals surface area contributed by atoms with Crippen LogP contribution in [-0.4, -0.2) is 27.8 Å². The smallest absolute Gasteiger partial charge is 0.347 e. The molecule has 104 valence electrons. The number of aromatic nitrogens is 1. The van der Waals surface area contributed by atoms with Gasteiger partial charge in [0.15, 0.2) is 0 Å². The Balaban J connectivity index is 2.24. The molecule has 7 heteroatoms. The molecule has 0 spiro atoms. The number of nitrogens with one attached hydrogen (secondary N) is 1. The zero-order chi connectivity index (χ0) is 14.7. The van der Waals surface area contributed by atoms with Gasteiger partial charge >= 0.3 is 5.97 Å². The van der Waals surface area contributed by atoms with Gasteiger partial charge in [0.2, 0.25) is 5.91 Å². The highest BCUT2D eigenvalue weighted by atomic mass is 35.5. The summed E-state index contributed by atoms with van der Waals surface area (Å²) in [7, 11) is 0. The normalized spacial score (nSPS) is 10.3. The molecule has 0 aliphatic rings. The van der Waals surface area contributed by atoms with Gasteiger partial charge in [-0.1, -0.05) is 0 Å². The fourth-order valence-corrected chi connectivity index (χ4v) is 2.59. The Hall–Kier alpha value is -1.92. The fourth-order valence-electron chi connectivity index (χ4n) is 1.61. The van der Waals surface area contributed by atoms with Crippen molar-refractivity contribution in [3.05, 3.63) is 34.8 Å². The summed E-state index contributed by atoms with van der Waals surface area (Å²) < 4.78 is 0. The van der Waals surface area contributed by atoms with E-state index >= 15 is 0 Å². The Morgan fingerprint density at radius 3 is 2.50 bits per heavy atom. The van der Waals surface area contributed by atoms with Crippen molar-refractivity contribution < 1.29 is 14.7 Å². The summed E-state index contributed by atoms with van der Waals surface area (Å²) >= 11 is 6.53. The maximum Gasteiger partial charge on any atom is 0.347 e. The third-order valence-corrected chi connectivity index (χ3v) is 3.97. The first-order chi connectivity index (χ1) is 9.51. The molecular formula is C13H11ClN2O3S. The van der Waals surface area contributed by atoms with Crippen LogP contribution in [0.3, 0.4) is 0 Å². The Bertz CT molecular complexity index is 652. The first-order valence-electron chi connectivity index (χ1n) is 5.68. The van der Waals surface area contributed by atoms with Crippen molar-refractivity contribution >= 4 is 40.5 Å². The number of anilines is 1. The van der Waals surface area contributed by atoms with E-state index < -0.39 is 5.97 Å². The van der Waals surface area contributed by atoms with E-state index in [9.17, 15) is 9.59 Å². The number of carbonyl (C=O) groups excluding carboxylic acids is 1. The maximum absolute atomic E-state index is 11.1. The lowest BCUT2D eigenvalue weighted by atomic mass is 10.2. The minimum absolute atomic E-state index is 0.102. The van der Waals surface area contributed by atoms with Crippen molar-refractivity contribution in [3.8, 4) is 10.6 Å². The van der Waals surface area contributed by atoms with Crippen molar-refractivity contribution in [2.24, 2.45) is 0 Å². The average molecular weight is 311 g/mol. The molecule has 0 unspecified atom stereocenters. The predicted octanol–water partition coefficient (Wildman–Crippen LogP) is 2.99. The van der Waals surface area contributed by atoms with Gasteiger partial charge in [-0.15, -0.1) is 22.9 Å². The number of thiazole rings is 1. The Labute approximate surface area is 124 Å². The van der Waals surface area contributed by atoms with Gasteiger partial charge in [0.05, 0.1) is 5.69 Å². The molecule has 0 saturated carbocycles. The van der Waals surface area contributed by atoms with Crippen LogP contribution < -0.4 is 5.32 Å². The van der Waals surface area contributed by atoms with Crippen LogP contribution in [0.15, 0.2) is 24.3 Å². The minimum atomic E-state index is -0.975. The second-order valence-electron chi connectivity index (χ2n) is 4.00. The van der Waals surface area contributed by atoms with Gasteiger partial charge in [-0.3, -0.25) is 4.79 Å². The van der Waals surface area contributed by atoms with Crippen LogP contribution in [-0.2, 0) is 4.79 Å². The summed E-state index contributed by atoms with van der Waals surface area (Å²) in [5, 5.41) is 12.3. The number of hydrogen-bond donors (Lipinski definition) is 2. The molecule has 0 bridgehead atoms. The number of nitrogens with zero attached hydrogens (tertiary/aromatic N) is 1. The molecule has 0 saturated heterocycles. The van der Waals surface area contributed by atoms with Crippen LogP contribution in [0, 0.1) is 6.92 Å². The quantitative estimate of drug-likeness (QED) is 0.851. The van der Waals surface area contributed by atoms with E-state index in [1.807, 2.05) is 0 Å². The number of aromatic carboxylic acids is 1. The van der Waals surface area contributed by atoms with E-state index in [1.165, 1.54) is 0 Å². The topological polar surface area (TPSA) is 79.3 Å². The lowest BCUT2D eigenvalue weighted by molar-refractivity contribution is -0.113. The highest BCUT2D eigenvalue weighted by Gasteiger charge is 2.14. The number of aryl methyl sites for hydroxylation is 1. The zero-order valence-corrected chi connectivity index (χ0v) is 12.1. The number of halogens is 1. The number of hydrogen-bond acceptors (Lipinski definition) is 4. The van der Waals surface area contributed by atoms with Crippen LogP contribution in [0.25, 0.3) is 10.6 Å². The molecule has 0 radical (unpaired) electrons. The van der Waals surface area contributed by atoms with Gasteiger partial charge in [-0.25, -0.2) is 9.78 Å². The molecule has 0 aliphatic heterocycles. The number of carboxylic acids is 1. The molecule has 1 aromatic heterocycles. The lowest BCUT2D eigenvalue weighted by Gasteiger charge is -2.03. The molecule has 0 atom stereocenters. The highest BCUT2D eigenvalue weighted by Crippen LogP contribution is 2.28. The maximum atomic E-state index is 11.1. The van der Waals surface area contributed by atoms with E-state index in [4.69, 9.17) is 16.7 Å². The van der Waals surface area contributed by atoms with E-state index in [0.29, 0.717) is 16.4 Å². The molecule has 20 heavy (non-hydrogen) atoms. The minimum Gasteiger partial charge on any atom is -0.477 e. The third-order valence-electron chi connectivity index (χ3n) is 2.53. The molecule has 1 amide bonds. The van der Waals surface area contributed by atoms with Gasteiger partial charge in [-0.05, 0) is 31.2 Å². The van der Waals surface area contributed by atoms with E-state index in [1.54, 1.807) is 31.2 Å². The molecule has 0 aliphatic carbocycles. The molecule has 1 aromatic carbocycles. The summed E-state index contributed by atoms with van der Waals surface area (Å²) in [5.74, 6) is -1.36. The molecular weight excluding hydrogens is 300 g/mol. The monoisotopic (exact) mass is 310 g/mol.